The van der Waals surface area contributed by atoms with Gasteiger partial charge in [-0.15, -0.1) is 6.42 Å². The summed E-state index contributed by atoms with van der Waals surface area (Å²) in [4.78, 5) is 21.0. The third kappa shape index (κ3) is 3.41. The number of nitrogens with zero attached hydrogens (tertiary/aromatic N) is 1. The standard InChI is InChI=1S/C16H11NO5/c1-2-11-3-5-12(6-4-11)15(22-16(18)19)13-7-9-14(10-8-13)17(20)21/h1,3-10,15H,(H,18,19). The number of nitro benzene ring substituents is 1. The molecule has 0 amide bonds. The van der Waals surface area contributed by atoms with E-state index >= 15 is 0 Å². The minimum atomic E-state index is -1.44. The predicted octanol–water partition coefficient (Wildman–Crippen LogP) is 3.36. The molecule has 1 unspecified atom stereocenters. The summed E-state index contributed by atoms with van der Waals surface area (Å²) in [6.07, 6.45) is 2.95. The summed E-state index contributed by atoms with van der Waals surface area (Å²) in [6, 6.07) is 12.2. The number of non-ortho nitro benzene ring substituents is 1. The van der Waals surface area contributed by atoms with Crippen molar-refractivity contribution in [1.29, 1.82) is 0 Å². The summed E-state index contributed by atoms with van der Waals surface area (Å²) in [6.45, 7) is 0. The summed E-state index contributed by atoms with van der Waals surface area (Å²) >= 11 is 0. The molecule has 0 aliphatic rings. The molecule has 2 rings (SSSR count). The summed E-state index contributed by atoms with van der Waals surface area (Å²) in [5, 5.41) is 19.5. The molecule has 1 atom stereocenters. The molecule has 0 aliphatic heterocycles. The molecule has 0 saturated heterocycles. The molecule has 0 spiro atoms. The van der Waals surface area contributed by atoms with E-state index in [-0.39, 0.29) is 5.69 Å². The summed E-state index contributed by atoms with van der Waals surface area (Å²) < 4.78 is 4.89. The van der Waals surface area contributed by atoms with E-state index in [2.05, 4.69) is 5.92 Å². The topological polar surface area (TPSA) is 89.7 Å². The molecule has 0 saturated carbocycles. The average Bonchev–Trinajstić information content (AvgIpc) is 2.53. The highest BCUT2D eigenvalue weighted by Gasteiger charge is 2.19. The number of rotatable bonds is 4. The zero-order chi connectivity index (χ0) is 16.1. The minimum Gasteiger partial charge on any atom is -0.450 e. The Hall–Kier alpha value is -3.33. The minimum absolute atomic E-state index is 0.0829. The van der Waals surface area contributed by atoms with Crippen LogP contribution in [0.3, 0.4) is 0 Å². The molecule has 22 heavy (non-hydrogen) atoms. The molecule has 110 valence electrons. The van der Waals surface area contributed by atoms with Crippen molar-refractivity contribution in [2.75, 3.05) is 0 Å². The van der Waals surface area contributed by atoms with Gasteiger partial charge in [-0.3, -0.25) is 10.1 Å². The Labute approximate surface area is 126 Å². The van der Waals surface area contributed by atoms with Gasteiger partial charge in [0.1, 0.15) is 0 Å². The molecular formula is C16H11NO5. The Kier molecular flexibility index (Phi) is 4.39. The second-order valence-electron chi connectivity index (χ2n) is 4.38. The second-order valence-corrected chi connectivity index (χ2v) is 4.38. The van der Waals surface area contributed by atoms with E-state index in [9.17, 15) is 14.9 Å². The quantitative estimate of drug-likeness (QED) is 0.404. The smallest absolute Gasteiger partial charge is 0.450 e. The van der Waals surface area contributed by atoms with Crippen LogP contribution >= 0.6 is 0 Å². The molecular weight excluding hydrogens is 286 g/mol. The monoisotopic (exact) mass is 297 g/mol. The number of carbonyl (C=O) groups is 1. The van der Waals surface area contributed by atoms with Crippen LogP contribution in [-0.2, 0) is 4.74 Å². The molecule has 0 radical (unpaired) electrons. The van der Waals surface area contributed by atoms with Crippen molar-refractivity contribution in [2.24, 2.45) is 0 Å². The lowest BCUT2D eigenvalue weighted by molar-refractivity contribution is -0.384. The van der Waals surface area contributed by atoms with Crippen LogP contribution in [0.5, 0.6) is 0 Å². The maximum atomic E-state index is 10.9. The molecule has 6 heteroatoms. The van der Waals surface area contributed by atoms with Gasteiger partial charge in [-0.25, -0.2) is 4.79 Å². The number of hydrogen-bond acceptors (Lipinski definition) is 4. The number of benzene rings is 2. The van der Waals surface area contributed by atoms with E-state index in [0.717, 1.165) is 0 Å². The molecule has 0 fully saturated rings. The van der Waals surface area contributed by atoms with Crippen molar-refractivity contribution < 1.29 is 19.6 Å². The Morgan fingerprint density at radius 3 is 2.05 bits per heavy atom. The third-order valence-electron chi connectivity index (χ3n) is 3.01. The van der Waals surface area contributed by atoms with Crippen LogP contribution in [0.15, 0.2) is 48.5 Å². The second kappa shape index (κ2) is 6.41. The van der Waals surface area contributed by atoms with E-state index < -0.39 is 17.2 Å². The van der Waals surface area contributed by atoms with E-state index in [1.165, 1.54) is 24.3 Å². The van der Waals surface area contributed by atoms with E-state index in [0.29, 0.717) is 16.7 Å². The highest BCUT2D eigenvalue weighted by Crippen LogP contribution is 2.28. The van der Waals surface area contributed by atoms with Crippen LogP contribution in [-0.4, -0.2) is 16.2 Å². The van der Waals surface area contributed by atoms with Crippen molar-refractivity contribution in [3.05, 3.63) is 75.3 Å². The van der Waals surface area contributed by atoms with Crippen molar-refractivity contribution in [3.63, 3.8) is 0 Å². The van der Waals surface area contributed by atoms with Gasteiger partial charge < -0.3 is 9.84 Å². The fraction of sp³-hybridized carbons (Fsp3) is 0.0625. The first-order chi connectivity index (χ1) is 10.5. The van der Waals surface area contributed by atoms with Crippen LogP contribution in [0.1, 0.15) is 22.8 Å². The largest absolute Gasteiger partial charge is 0.506 e. The number of carboxylic acid groups (broad SMARTS) is 1. The highest BCUT2D eigenvalue weighted by molar-refractivity contribution is 5.58. The number of terminal acetylenes is 1. The molecule has 1 N–H and O–H groups in total. The number of nitro groups is 1. The van der Waals surface area contributed by atoms with Crippen molar-refractivity contribution in [3.8, 4) is 12.3 Å². The van der Waals surface area contributed by atoms with Crippen LogP contribution in [0, 0.1) is 22.5 Å². The van der Waals surface area contributed by atoms with Gasteiger partial charge in [-0.1, -0.05) is 18.1 Å². The van der Waals surface area contributed by atoms with E-state index in [4.69, 9.17) is 16.3 Å². The van der Waals surface area contributed by atoms with Gasteiger partial charge in [0, 0.05) is 17.7 Å². The Balaban J connectivity index is 2.38. The first-order valence-electron chi connectivity index (χ1n) is 6.22. The number of hydrogen-bond donors (Lipinski definition) is 1. The lowest BCUT2D eigenvalue weighted by Crippen LogP contribution is -2.10. The van der Waals surface area contributed by atoms with Gasteiger partial charge in [0.25, 0.3) is 5.69 Å². The van der Waals surface area contributed by atoms with Gasteiger partial charge in [0.15, 0.2) is 6.10 Å². The Morgan fingerprint density at radius 2 is 1.64 bits per heavy atom. The van der Waals surface area contributed by atoms with Crippen molar-refractivity contribution in [2.45, 2.75) is 6.10 Å². The fourth-order valence-corrected chi connectivity index (χ4v) is 1.95. The van der Waals surface area contributed by atoms with Crippen LogP contribution in [0.25, 0.3) is 0 Å². The number of ether oxygens (including phenoxy) is 1. The predicted molar refractivity (Wildman–Crippen MR) is 78.4 cm³/mol. The van der Waals surface area contributed by atoms with Crippen LogP contribution in [0.2, 0.25) is 0 Å². The molecule has 0 heterocycles. The molecule has 6 nitrogen and oxygen atoms in total. The average molecular weight is 297 g/mol. The van der Waals surface area contributed by atoms with E-state index in [1.54, 1.807) is 24.3 Å². The highest BCUT2D eigenvalue weighted by atomic mass is 16.7. The SMILES string of the molecule is C#Cc1ccc(C(OC(=O)O)c2ccc([N+](=O)[O-])cc2)cc1. The zero-order valence-electron chi connectivity index (χ0n) is 11.3. The van der Waals surface area contributed by atoms with Crippen LogP contribution in [0.4, 0.5) is 10.5 Å². The van der Waals surface area contributed by atoms with Gasteiger partial charge in [0.2, 0.25) is 0 Å². The fourth-order valence-electron chi connectivity index (χ4n) is 1.95. The summed E-state index contributed by atoms with van der Waals surface area (Å²) in [7, 11) is 0. The third-order valence-corrected chi connectivity index (χ3v) is 3.01. The van der Waals surface area contributed by atoms with E-state index in [1.807, 2.05) is 0 Å². The summed E-state index contributed by atoms with van der Waals surface area (Å²) in [5.41, 5.74) is 1.64. The van der Waals surface area contributed by atoms with Crippen molar-refractivity contribution in [1.82, 2.24) is 0 Å². The Bertz CT molecular complexity index is 729. The maximum absolute atomic E-state index is 10.9. The van der Waals surface area contributed by atoms with Gasteiger partial charge in [-0.05, 0) is 35.4 Å². The lowest BCUT2D eigenvalue weighted by atomic mass is 10.00. The first-order valence-corrected chi connectivity index (χ1v) is 6.22. The molecule has 0 bridgehead atoms. The van der Waals surface area contributed by atoms with Gasteiger partial charge >= 0.3 is 6.16 Å². The van der Waals surface area contributed by atoms with Gasteiger partial charge in [0.05, 0.1) is 4.92 Å². The lowest BCUT2D eigenvalue weighted by Gasteiger charge is -2.16. The molecule has 0 aromatic heterocycles. The molecule has 0 aliphatic carbocycles. The Morgan fingerprint density at radius 1 is 1.14 bits per heavy atom. The zero-order valence-corrected chi connectivity index (χ0v) is 11.3. The first kappa shape index (κ1) is 15.1. The maximum Gasteiger partial charge on any atom is 0.506 e. The van der Waals surface area contributed by atoms with Gasteiger partial charge in [-0.2, -0.15) is 0 Å². The summed E-state index contributed by atoms with van der Waals surface area (Å²) in [5.74, 6) is 2.46. The van der Waals surface area contributed by atoms with Crippen LogP contribution < -0.4 is 0 Å². The molecule has 2 aromatic carbocycles. The normalized spacial score (nSPS) is 11.2. The molecule has 2 aromatic rings. The van der Waals surface area contributed by atoms with Crippen molar-refractivity contribution >= 4 is 11.8 Å².